The topological polar surface area (TPSA) is 48.5 Å². The number of pyridine rings is 1. The van der Waals surface area contributed by atoms with Crippen LogP contribution in [-0.4, -0.2) is 48.5 Å². The maximum Gasteiger partial charge on any atom is 0.255 e. The van der Waals surface area contributed by atoms with E-state index < -0.39 is 0 Å². The van der Waals surface area contributed by atoms with Gasteiger partial charge in [0.1, 0.15) is 5.82 Å². The third-order valence-corrected chi connectivity index (χ3v) is 6.60. The number of aryl methyl sites for hydroxylation is 1. The molecule has 1 aliphatic rings. The van der Waals surface area contributed by atoms with Gasteiger partial charge < -0.3 is 10.2 Å². The SMILES string of the molecule is Cc1ccc2c(N3CCN(CCc4cc(NC(=O)c5ccccc5)ccc4F)CC3)cccc2n1. The first-order chi connectivity index (χ1) is 17.1. The van der Waals surface area contributed by atoms with Crippen molar-refractivity contribution in [1.82, 2.24) is 9.88 Å². The summed E-state index contributed by atoms with van der Waals surface area (Å²) in [6.07, 6.45) is 0.596. The monoisotopic (exact) mass is 468 g/mol. The van der Waals surface area contributed by atoms with Gasteiger partial charge >= 0.3 is 0 Å². The van der Waals surface area contributed by atoms with Crippen LogP contribution in [0.4, 0.5) is 15.8 Å². The Morgan fingerprint density at radius 1 is 0.943 bits per heavy atom. The van der Waals surface area contributed by atoms with E-state index in [1.54, 1.807) is 24.3 Å². The Balaban J connectivity index is 1.19. The lowest BCUT2D eigenvalue weighted by molar-refractivity contribution is 0.102. The minimum atomic E-state index is -0.236. The van der Waals surface area contributed by atoms with Gasteiger partial charge in [0.2, 0.25) is 0 Å². The molecule has 5 nitrogen and oxygen atoms in total. The Morgan fingerprint density at radius 3 is 2.54 bits per heavy atom. The van der Waals surface area contributed by atoms with Crippen LogP contribution in [0.15, 0.2) is 78.9 Å². The highest BCUT2D eigenvalue weighted by atomic mass is 19.1. The largest absolute Gasteiger partial charge is 0.368 e. The van der Waals surface area contributed by atoms with Gasteiger partial charge in [0.25, 0.3) is 5.91 Å². The number of nitrogens with one attached hydrogen (secondary N) is 1. The minimum Gasteiger partial charge on any atom is -0.368 e. The molecule has 0 radical (unpaired) electrons. The van der Waals surface area contributed by atoms with Crippen LogP contribution in [0, 0.1) is 12.7 Å². The van der Waals surface area contributed by atoms with E-state index in [0.29, 0.717) is 23.2 Å². The first kappa shape index (κ1) is 23.0. The summed E-state index contributed by atoms with van der Waals surface area (Å²) >= 11 is 0. The highest BCUT2D eigenvalue weighted by Crippen LogP contribution is 2.27. The van der Waals surface area contributed by atoms with E-state index in [9.17, 15) is 9.18 Å². The number of fused-ring (bicyclic) bond motifs is 1. The molecular formula is C29H29FN4O. The fraction of sp³-hybridized carbons (Fsp3) is 0.241. The van der Waals surface area contributed by atoms with Crippen LogP contribution < -0.4 is 10.2 Å². The van der Waals surface area contributed by atoms with Crippen molar-refractivity contribution < 1.29 is 9.18 Å². The number of hydrogen-bond acceptors (Lipinski definition) is 4. The van der Waals surface area contributed by atoms with Crippen LogP contribution in [0.25, 0.3) is 10.9 Å². The second-order valence-electron chi connectivity index (χ2n) is 9.00. The number of nitrogens with zero attached hydrogens (tertiary/aromatic N) is 3. The molecule has 178 valence electrons. The molecule has 4 aromatic rings. The van der Waals surface area contributed by atoms with Crippen LogP contribution in [0.1, 0.15) is 21.6 Å². The van der Waals surface area contributed by atoms with Gasteiger partial charge in [-0.05, 0) is 73.5 Å². The highest BCUT2D eigenvalue weighted by molar-refractivity contribution is 6.04. The summed E-state index contributed by atoms with van der Waals surface area (Å²) < 4.78 is 14.5. The Labute approximate surface area is 205 Å². The van der Waals surface area contributed by atoms with Crippen molar-refractivity contribution in [2.75, 3.05) is 42.9 Å². The van der Waals surface area contributed by atoms with Gasteiger partial charge in [-0.25, -0.2) is 4.39 Å². The molecule has 6 heteroatoms. The Hall–Kier alpha value is -3.77. The van der Waals surface area contributed by atoms with Crippen molar-refractivity contribution in [1.29, 1.82) is 0 Å². The number of benzene rings is 3. The van der Waals surface area contributed by atoms with Crippen LogP contribution in [0.5, 0.6) is 0 Å². The molecule has 0 atom stereocenters. The molecule has 2 heterocycles. The van der Waals surface area contributed by atoms with Gasteiger partial charge in [-0.2, -0.15) is 0 Å². The van der Waals surface area contributed by atoms with Crippen molar-refractivity contribution >= 4 is 28.2 Å². The predicted octanol–water partition coefficient (Wildman–Crippen LogP) is 5.30. The number of aromatic nitrogens is 1. The van der Waals surface area contributed by atoms with Crippen LogP contribution >= 0.6 is 0 Å². The Bertz CT molecular complexity index is 1330. The van der Waals surface area contributed by atoms with Crippen molar-refractivity contribution in [2.45, 2.75) is 13.3 Å². The smallest absolute Gasteiger partial charge is 0.255 e. The second-order valence-corrected chi connectivity index (χ2v) is 9.00. The van der Waals surface area contributed by atoms with E-state index in [1.165, 1.54) is 17.1 Å². The molecule has 1 aromatic heterocycles. The van der Waals surface area contributed by atoms with Crippen molar-refractivity contribution in [3.8, 4) is 0 Å². The van der Waals surface area contributed by atoms with E-state index in [2.05, 4.69) is 50.4 Å². The van der Waals surface area contributed by atoms with Gasteiger partial charge in [-0.3, -0.25) is 14.7 Å². The number of piperazine rings is 1. The fourth-order valence-electron chi connectivity index (χ4n) is 4.64. The molecule has 35 heavy (non-hydrogen) atoms. The summed E-state index contributed by atoms with van der Waals surface area (Å²) in [7, 11) is 0. The second kappa shape index (κ2) is 10.2. The molecule has 0 aliphatic carbocycles. The normalized spacial score (nSPS) is 14.3. The number of carbonyl (C=O) groups excluding carboxylic acids is 1. The predicted molar refractivity (Wildman–Crippen MR) is 140 cm³/mol. The zero-order valence-corrected chi connectivity index (χ0v) is 19.9. The molecule has 0 saturated carbocycles. The summed E-state index contributed by atoms with van der Waals surface area (Å²) in [5, 5.41) is 4.06. The summed E-state index contributed by atoms with van der Waals surface area (Å²) in [5.74, 6) is -0.432. The lowest BCUT2D eigenvalue weighted by Crippen LogP contribution is -2.47. The van der Waals surface area contributed by atoms with Crippen molar-refractivity contribution in [3.63, 3.8) is 0 Å². The first-order valence-corrected chi connectivity index (χ1v) is 12.1. The zero-order chi connectivity index (χ0) is 24.2. The number of anilines is 2. The third-order valence-electron chi connectivity index (χ3n) is 6.60. The molecule has 3 aromatic carbocycles. The maximum atomic E-state index is 14.5. The first-order valence-electron chi connectivity index (χ1n) is 12.1. The zero-order valence-electron chi connectivity index (χ0n) is 19.9. The van der Waals surface area contributed by atoms with E-state index in [4.69, 9.17) is 0 Å². The number of halogens is 1. The lowest BCUT2D eigenvalue weighted by atomic mass is 10.1. The molecule has 1 N–H and O–H groups in total. The van der Waals surface area contributed by atoms with Gasteiger partial charge in [0, 0.05) is 60.7 Å². The van der Waals surface area contributed by atoms with E-state index in [0.717, 1.165) is 43.9 Å². The van der Waals surface area contributed by atoms with E-state index >= 15 is 0 Å². The lowest BCUT2D eigenvalue weighted by Gasteiger charge is -2.36. The van der Waals surface area contributed by atoms with Crippen molar-refractivity contribution in [3.05, 3.63) is 102 Å². The Kier molecular flexibility index (Phi) is 6.73. The number of carbonyl (C=O) groups is 1. The quantitative estimate of drug-likeness (QED) is 0.417. The molecule has 1 amide bonds. The molecule has 1 aliphatic heterocycles. The van der Waals surface area contributed by atoms with Crippen molar-refractivity contribution in [2.24, 2.45) is 0 Å². The minimum absolute atomic E-state index is 0.196. The highest BCUT2D eigenvalue weighted by Gasteiger charge is 2.19. The molecule has 0 spiro atoms. The molecule has 0 bridgehead atoms. The van der Waals surface area contributed by atoms with Gasteiger partial charge in [-0.15, -0.1) is 0 Å². The van der Waals surface area contributed by atoms with Crippen LogP contribution in [0.2, 0.25) is 0 Å². The summed E-state index contributed by atoms with van der Waals surface area (Å²) in [5.41, 5.74) is 5.08. The maximum absolute atomic E-state index is 14.5. The number of rotatable bonds is 6. The van der Waals surface area contributed by atoms with Crippen LogP contribution in [0.3, 0.4) is 0 Å². The summed E-state index contributed by atoms with van der Waals surface area (Å²) in [6, 6.07) is 24.3. The standard InChI is InChI=1S/C29H29FN4O/c1-21-10-12-25-27(31-21)8-5-9-28(25)34-18-16-33(17-19-34)15-14-23-20-24(11-13-26(23)30)32-29(35)22-6-3-2-4-7-22/h2-13,20H,14-19H2,1H3,(H,32,35). The Morgan fingerprint density at radius 2 is 1.74 bits per heavy atom. The average molecular weight is 469 g/mol. The molecular weight excluding hydrogens is 439 g/mol. The average Bonchev–Trinajstić information content (AvgIpc) is 2.89. The molecule has 1 saturated heterocycles. The van der Waals surface area contributed by atoms with E-state index in [1.807, 2.05) is 25.1 Å². The van der Waals surface area contributed by atoms with E-state index in [-0.39, 0.29) is 11.7 Å². The van der Waals surface area contributed by atoms with Crippen LogP contribution in [-0.2, 0) is 6.42 Å². The number of amides is 1. The fourth-order valence-corrected chi connectivity index (χ4v) is 4.64. The summed E-state index contributed by atoms with van der Waals surface area (Å²) in [4.78, 5) is 21.9. The van der Waals surface area contributed by atoms with Gasteiger partial charge in [-0.1, -0.05) is 24.3 Å². The van der Waals surface area contributed by atoms with Gasteiger partial charge in [0.05, 0.1) is 5.52 Å². The molecule has 1 fully saturated rings. The van der Waals surface area contributed by atoms with Gasteiger partial charge in [0.15, 0.2) is 0 Å². The molecule has 0 unspecified atom stereocenters. The molecule has 5 rings (SSSR count). The third kappa shape index (κ3) is 5.33. The number of hydrogen-bond donors (Lipinski definition) is 1. The summed E-state index contributed by atoms with van der Waals surface area (Å²) in [6.45, 7) is 6.46.